The van der Waals surface area contributed by atoms with Crippen molar-refractivity contribution in [2.45, 2.75) is 74.1 Å². The van der Waals surface area contributed by atoms with Crippen molar-refractivity contribution >= 4 is 12.4 Å². The summed E-state index contributed by atoms with van der Waals surface area (Å²) < 4.78 is 0. The largest absolute Gasteiger partial charge is 0.304 e. The molecule has 0 aromatic heterocycles. The van der Waals surface area contributed by atoms with Crippen LogP contribution in [0.1, 0.15) is 78.0 Å². The van der Waals surface area contributed by atoms with Gasteiger partial charge in [-0.05, 0) is 55.7 Å². The van der Waals surface area contributed by atoms with Crippen LogP contribution in [0.25, 0.3) is 6.08 Å². The minimum Gasteiger partial charge on any atom is -0.304 e. The SMILES string of the molecule is C=Cc1ccccc1.CC1=CC(C)CC=C1.CC=O.CCC.CCc1ccc(CC)cc1. The zero-order valence-electron chi connectivity index (χ0n) is 21.6. The fourth-order valence-electron chi connectivity index (χ4n) is 2.64. The van der Waals surface area contributed by atoms with Crippen LogP contribution in [0.4, 0.5) is 0 Å². The van der Waals surface area contributed by atoms with E-state index in [1.807, 2.05) is 36.4 Å². The first-order chi connectivity index (χ1) is 15.4. The van der Waals surface area contributed by atoms with E-state index in [1.54, 1.807) is 0 Å². The van der Waals surface area contributed by atoms with Crippen LogP contribution in [0.2, 0.25) is 0 Å². The fraction of sp³-hybridized carbons (Fsp3) is 0.387. The minimum atomic E-state index is 0.750. The van der Waals surface area contributed by atoms with E-state index in [0.29, 0.717) is 0 Å². The molecule has 1 atom stereocenters. The average Bonchev–Trinajstić information content (AvgIpc) is 2.81. The summed E-state index contributed by atoms with van der Waals surface area (Å²) in [5, 5.41) is 0. The average molecular weight is 435 g/mol. The van der Waals surface area contributed by atoms with E-state index in [2.05, 4.69) is 90.6 Å². The van der Waals surface area contributed by atoms with Gasteiger partial charge in [-0.1, -0.05) is 132 Å². The van der Waals surface area contributed by atoms with E-state index in [9.17, 15) is 0 Å². The van der Waals surface area contributed by atoms with Crippen LogP contribution in [0, 0.1) is 5.92 Å². The van der Waals surface area contributed by atoms with E-state index in [1.165, 1.54) is 42.0 Å². The maximum atomic E-state index is 8.81. The van der Waals surface area contributed by atoms with Crippen LogP contribution < -0.4 is 0 Å². The highest BCUT2D eigenvalue weighted by Crippen LogP contribution is 2.14. The van der Waals surface area contributed by atoms with Gasteiger partial charge in [0.1, 0.15) is 6.29 Å². The summed E-state index contributed by atoms with van der Waals surface area (Å²) in [7, 11) is 0. The molecule has 1 nitrogen and oxygen atoms in total. The Morgan fingerprint density at radius 2 is 1.34 bits per heavy atom. The van der Waals surface area contributed by atoms with Gasteiger partial charge in [-0.15, -0.1) is 0 Å². The van der Waals surface area contributed by atoms with Gasteiger partial charge >= 0.3 is 0 Å². The molecule has 0 saturated heterocycles. The van der Waals surface area contributed by atoms with Crippen molar-refractivity contribution in [3.63, 3.8) is 0 Å². The third kappa shape index (κ3) is 19.3. The van der Waals surface area contributed by atoms with E-state index < -0.39 is 0 Å². The molecule has 0 fully saturated rings. The van der Waals surface area contributed by atoms with E-state index >= 15 is 0 Å². The van der Waals surface area contributed by atoms with Crippen LogP contribution in [0.5, 0.6) is 0 Å². The highest BCUT2D eigenvalue weighted by Gasteiger charge is 1.98. The molecule has 0 bridgehead atoms. The first-order valence-corrected chi connectivity index (χ1v) is 11.9. The lowest BCUT2D eigenvalue weighted by molar-refractivity contribution is -0.106. The topological polar surface area (TPSA) is 17.1 Å². The number of rotatable bonds is 3. The van der Waals surface area contributed by atoms with Crippen molar-refractivity contribution in [1.29, 1.82) is 0 Å². The number of carbonyl (C=O) groups is 1. The quantitative estimate of drug-likeness (QED) is 0.440. The van der Waals surface area contributed by atoms with Crippen molar-refractivity contribution in [2.24, 2.45) is 5.92 Å². The van der Waals surface area contributed by atoms with Gasteiger partial charge in [0, 0.05) is 0 Å². The van der Waals surface area contributed by atoms with Gasteiger partial charge in [-0.3, -0.25) is 0 Å². The number of hydrogen-bond donors (Lipinski definition) is 0. The maximum absolute atomic E-state index is 8.81. The number of benzene rings is 2. The second kappa shape index (κ2) is 23.0. The van der Waals surface area contributed by atoms with Crippen LogP contribution in [0.15, 0.2) is 85.0 Å². The second-order valence-corrected chi connectivity index (χ2v) is 7.61. The first kappa shape index (κ1) is 31.5. The molecule has 0 aliphatic heterocycles. The summed E-state index contributed by atoms with van der Waals surface area (Å²) in [4.78, 5) is 8.81. The normalized spacial score (nSPS) is 13.1. The van der Waals surface area contributed by atoms with Gasteiger partial charge in [0.2, 0.25) is 0 Å². The lowest BCUT2D eigenvalue weighted by Crippen LogP contribution is -1.91. The second-order valence-electron chi connectivity index (χ2n) is 7.61. The Balaban J connectivity index is 0. The number of aldehydes is 1. The number of hydrogen-bond acceptors (Lipinski definition) is 1. The van der Waals surface area contributed by atoms with Gasteiger partial charge in [0.15, 0.2) is 0 Å². The molecule has 1 aliphatic rings. The van der Waals surface area contributed by atoms with Crippen molar-refractivity contribution in [2.75, 3.05) is 0 Å². The van der Waals surface area contributed by atoms with Crippen molar-refractivity contribution in [3.05, 3.63) is 102 Å². The predicted molar refractivity (Wildman–Crippen MR) is 146 cm³/mol. The van der Waals surface area contributed by atoms with E-state index in [4.69, 9.17) is 4.79 Å². The standard InChI is InChI=1S/C10H14.C8H12.C8H8.C3H8.C2H4O/c1-3-9-5-7-10(4-2)8-6-9;1-7-4-3-5-8(2)6-7;1-2-8-6-4-3-5-7-8;1-3-2;1-2-3/h5-8H,3-4H2,1-2H3;3-4,6,8H,5H2,1-2H3;2-7H,1H2;3H2,1-2H3;2H,1H3. The molecule has 176 valence electrons. The lowest BCUT2D eigenvalue weighted by Gasteiger charge is -2.07. The van der Waals surface area contributed by atoms with Gasteiger partial charge in [0.25, 0.3) is 0 Å². The van der Waals surface area contributed by atoms with Crippen LogP contribution >= 0.6 is 0 Å². The van der Waals surface area contributed by atoms with Crippen LogP contribution in [-0.4, -0.2) is 6.29 Å². The van der Waals surface area contributed by atoms with Crippen molar-refractivity contribution in [3.8, 4) is 0 Å². The Labute approximate surface area is 199 Å². The Hall–Kier alpha value is -2.67. The summed E-state index contributed by atoms with van der Waals surface area (Å²) in [6, 6.07) is 18.9. The van der Waals surface area contributed by atoms with Gasteiger partial charge in [0.05, 0.1) is 0 Å². The zero-order chi connectivity index (χ0) is 24.6. The molecule has 0 amide bonds. The first-order valence-electron chi connectivity index (χ1n) is 11.9. The summed E-state index contributed by atoms with van der Waals surface area (Å²) in [5.74, 6) is 0.764. The third-order valence-corrected chi connectivity index (χ3v) is 4.31. The molecule has 0 spiro atoms. The lowest BCUT2D eigenvalue weighted by atomic mass is 9.99. The minimum absolute atomic E-state index is 0.750. The van der Waals surface area contributed by atoms with E-state index in [0.717, 1.165) is 25.0 Å². The van der Waals surface area contributed by atoms with Crippen molar-refractivity contribution in [1.82, 2.24) is 0 Å². The molecule has 1 unspecified atom stereocenters. The van der Waals surface area contributed by atoms with Gasteiger partial charge in [-0.2, -0.15) is 0 Å². The summed E-state index contributed by atoms with van der Waals surface area (Å²) in [5.41, 5.74) is 5.44. The number of allylic oxidation sites excluding steroid dienone is 4. The molecule has 1 aliphatic carbocycles. The zero-order valence-corrected chi connectivity index (χ0v) is 21.6. The molecular formula is C31H46O. The highest BCUT2D eigenvalue weighted by atomic mass is 16.1. The van der Waals surface area contributed by atoms with Crippen LogP contribution in [-0.2, 0) is 17.6 Å². The monoisotopic (exact) mass is 434 g/mol. The maximum Gasteiger partial charge on any atom is 0.116 e. The molecule has 0 radical (unpaired) electrons. The Morgan fingerprint density at radius 3 is 1.59 bits per heavy atom. The fourth-order valence-corrected chi connectivity index (χ4v) is 2.64. The summed E-state index contributed by atoms with van der Waals surface area (Å²) >= 11 is 0. The molecular weight excluding hydrogens is 388 g/mol. The van der Waals surface area contributed by atoms with Gasteiger partial charge in [-0.25, -0.2) is 0 Å². The molecule has 32 heavy (non-hydrogen) atoms. The smallest absolute Gasteiger partial charge is 0.116 e. The predicted octanol–water partition coefficient (Wildman–Crippen LogP) is 9.29. The van der Waals surface area contributed by atoms with Crippen molar-refractivity contribution < 1.29 is 4.79 Å². The Bertz CT molecular complexity index is 713. The van der Waals surface area contributed by atoms with Crippen LogP contribution in [0.3, 0.4) is 0 Å². The van der Waals surface area contributed by atoms with E-state index in [-0.39, 0.29) is 0 Å². The third-order valence-electron chi connectivity index (χ3n) is 4.31. The Kier molecular flexibility index (Phi) is 22.7. The molecule has 2 aromatic carbocycles. The summed E-state index contributed by atoms with van der Waals surface area (Å²) in [6.07, 6.45) is 14.1. The number of carbonyl (C=O) groups excluding carboxylic acids is 1. The molecule has 0 N–H and O–H groups in total. The molecule has 3 rings (SSSR count). The van der Waals surface area contributed by atoms with Gasteiger partial charge < -0.3 is 4.79 Å². The highest BCUT2D eigenvalue weighted by molar-refractivity contribution is 5.45. The number of aryl methyl sites for hydroxylation is 2. The summed E-state index contributed by atoms with van der Waals surface area (Å²) in [6.45, 7) is 18.1. The molecule has 1 heteroatoms. The Morgan fingerprint density at radius 1 is 0.906 bits per heavy atom. The molecule has 2 aromatic rings. The molecule has 0 saturated carbocycles. The molecule has 0 heterocycles.